The minimum Gasteiger partial charge on any atom is -0.300 e. The molecule has 0 bridgehead atoms. The Labute approximate surface area is 113 Å². The zero-order valence-electron chi connectivity index (χ0n) is 12.7. The van der Waals surface area contributed by atoms with Crippen molar-refractivity contribution >= 4 is 0 Å². The van der Waals surface area contributed by atoms with E-state index in [-0.39, 0.29) is 0 Å². The fourth-order valence-corrected chi connectivity index (χ4v) is 3.05. The van der Waals surface area contributed by atoms with Gasteiger partial charge in [-0.15, -0.1) is 0 Å². The van der Waals surface area contributed by atoms with Crippen LogP contribution in [-0.2, 0) is 0 Å². The minimum atomic E-state index is -0.391. The van der Waals surface area contributed by atoms with E-state index in [0.717, 1.165) is 18.9 Å². The fourth-order valence-electron chi connectivity index (χ4n) is 3.05. The number of nitrogens with zero attached hydrogens (tertiary/aromatic N) is 2. The van der Waals surface area contributed by atoms with Gasteiger partial charge in [-0.3, -0.25) is 5.32 Å². The van der Waals surface area contributed by atoms with Gasteiger partial charge in [-0.1, -0.05) is 13.8 Å². The summed E-state index contributed by atoms with van der Waals surface area (Å²) in [6.07, 6.45) is 3.53. The zero-order chi connectivity index (χ0) is 13.8. The standard InChI is InChI=1S/C15H29N3/c1-12(2)14-7-6-9-18(14)10-8-15(5,11-16)17-13(3)4/h12-14,17H,6-10H2,1-5H3. The minimum absolute atomic E-state index is 0.356. The van der Waals surface area contributed by atoms with Gasteiger partial charge in [0.05, 0.1) is 6.07 Å². The summed E-state index contributed by atoms with van der Waals surface area (Å²) in [5, 5.41) is 12.7. The monoisotopic (exact) mass is 251 g/mol. The second-order valence-corrected chi connectivity index (χ2v) is 6.48. The van der Waals surface area contributed by atoms with Crippen molar-refractivity contribution in [3.63, 3.8) is 0 Å². The van der Waals surface area contributed by atoms with E-state index in [1.807, 2.05) is 6.92 Å². The van der Waals surface area contributed by atoms with Gasteiger partial charge in [-0.25, -0.2) is 0 Å². The van der Waals surface area contributed by atoms with Gasteiger partial charge in [0.2, 0.25) is 0 Å². The highest BCUT2D eigenvalue weighted by molar-refractivity contribution is 5.05. The van der Waals surface area contributed by atoms with Crippen molar-refractivity contribution in [2.45, 2.75) is 71.5 Å². The third-order valence-electron chi connectivity index (χ3n) is 3.94. The highest BCUT2D eigenvalue weighted by Crippen LogP contribution is 2.25. The molecule has 0 aliphatic carbocycles. The van der Waals surface area contributed by atoms with Gasteiger partial charge in [0.1, 0.15) is 5.54 Å². The van der Waals surface area contributed by atoms with Crippen LogP contribution in [-0.4, -0.2) is 35.6 Å². The van der Waals surface area contributed by atoms with Crippen LogP contribution < -0.4 is 5.32 Å². The molecule has 0 radical (unpaired) electrons. The molecule has 2 atom stereocenters. The van der Waals surface area contributed by atoms with Gasteiger partial charge in [0.15, 0.2) is 0 Å². The average molecular weight is 251 g/mol. The molecule has 0 spiro atoms. The quantitative estimate of drug-likeness (QED) is 0.789. The lowest BCUT2D eigenvalue weighted by Crippen LogP contribution is -2.48. The Bertz CT molecular complexity index is 293. The van der Waals surface area contributed by atoms with Crippen molar-refractivity contribution < 1.29 is 0 Å². The van der Waals surface area contributed by atoms with Gasteiger partial charge in [-0.05, 0) is 52.5 Å². The number of hydrogen-bond acceptors (Lipinski definition) is 3. The summed E-state index contributed by atoms with van der Waals surface area (Å²) in [7, 11) is 0. The summed E-state index contributed by atoms with van der Waals surface area (Å²) < 4.78 is 0. The summed E-state index contributed by atoms with van der Waals surface area (Å²) >= 11 is 0. The molecule has 1 fully saturated rings. The van der Waals surface area contributed by atoms with Crippen LogP contribution in [0, 0.1) is 17.2 Å². The summed E-state index contributed by atoms with van der Waals surface area (Å²) in [5.74, 6) is 0.721. The highest BCUT2D eigenvalue weighted by atomic mass is 15.2. The molecule has 0 amide bonds. The molecule has 1 rings (SSSR count). The smallest absolute Gasteiger partial charge is 0.105 e. The van der Waals surface area contributed by atoms with Crippen LogP contribution in [0.2, 0.25) is 0 Å². The third-order valence-corrected chi connectivity index (χ3v) is 3.94. The van der Waals surface area contributed by atoms with Crippen molar-refractivity contribution in [2.75, 3.05) is 13.1 Å². The van der Waals surface area contributed by atoms with Gasteiger partial charge in [0.25, 0.3) is 0 Å². The molecule has 1 N–H and O–H groups in total. The van der Waals surface area contributed by atoms with E-state index in [9.17, 15) is 5.26 Å². The molecule has 2 unspecified atom stereocenters. The molecule has 104 valence electrons. The van der Waals surface area contributed by atoms with Crippen LogP contribution in [0.3, 0.4) is 0 Å². The average Bonchev–Trinajstić information content (AvgIpc) is 2.74. The fraction of sp³-hybridized carbons (Fsp3) is 0.933. The molecular formula is C15H29N3. The van der Waals surface area contributed by atoms with Crippen molar-refractivity contribution in [2.24, 2.45) is 5.92 Å². The number of likely N-dealkylation sites (tertiary alicyclic amines) is 1. The van der Waals surface area contributed by atoms with Crippen LogP contribution in [0.15, 0.2) is 0 Å². The molecule has 1 saturated heterocycles. The van der Waals surface area contributed by atoms with E-state index < -0.39 is 5.54 Å². The summed E-state index contributed by atoms with van der Waals surface area (Å²) in [4.78, 5) is 2.57. The van der Waals surface area contributed by atoms with Crippen molar-refractivity contribution in [3.05, 3.63) is 0 Å². The first kappa shape index (κ1) is 15.5. The maximum atomic E-state index is 9.35. The van der Waals surface area contributed by atoms with E-state index in [1.54, 1.807) is 0 Å². The van der Waals surface area contributed by atoms with Crippen LogP contribution >= 0.6 is 0 Å². The summed E-state index contributed by atoms with van der Waals surface area (Å²) in [6, 6.07) is 3.51. The first-order valence-electron chi connectivity index (χ1n) is 7.31. The maximum Gasteiger partial charge on any atom is 0.105 e. The Morgan fingerprint density at radius 2 is 2.06 bits per heavy atom. The van der Waals surface area contributed by atoms with Crippen molar-refractivity contribution in [1.29, 1.82) is 5.26 Å². The van der Waals surface area contributed by atoms with Gasteiger partial charge >= 0.3 is 0 Å². The van der Waals surface area contributed by atoms with E-state index in [2.05, 4.69) is 44.0 Å². The molecule has 0 aromatic rings. The number of hydrogen-bond donors (Lipinski definition) is 1. The molecule has 0 saturated carbocycles. The summed E-state index contributed by atoms with van der Waals surface area (Å²) in [5.41, 5.74) is -0.391. The SMILES string of the molecule is CC(C)NC(C)(C#N)CCN1CCCC1C(C)C. The topological polar surface area (TPSA) is 39.1 Å². The van der Waals surface area contributed by atoms with Crippen LogP contribution in [0.4, 0.5) is 0 Å². The molecule has 1 aliphatic rings. The van der Waals surface area contributed by atoms with Gasteiger partial charge in [0, 0.05) is 18.6 Å². The lowest BCUT2D eigenvalue weighted by Gasteiger charge is -2.32. The molecule has 1 aliphatic heterocycles. The van der Waals surface area contributed by atoms with E-state index in [0.29, 0.717) is 12.1 Å². The molecule has 18 heavy (non-hydrogen) atoms. The first-order chi connectivity index (χ1) is 8.38. The Kier molecular flexibility index (Phi) is 5.62. The maximum absolute atomic E-state index is 9.35. The van der Waals surface area contributed by atoms with Crippen molar-refractivity contribution in [3.8, 4) is 6.07 Å². The third kappa shape index (κ3) is 4.26. The zero-order valence-corrected chi connectivity index (χ0v) is 12.7. The van der Waals surface area contributed by atoms with Crippen molar-refractivity contribution in [1.82, 2.24) is 10.2 Å². The Morgan fingerprint density at radius 3 is 2.56 bits per heavy atom. The molecule has 0 aromatic carbocycles. The normalized spacial score (nSPS) is 24.4. The Balaban J connectivity index is 2.50. The molecule has 3 nitrogen and oxygen atoms in total. The Morgan fingerprint density at radius 1 is 1.39 bits per heavy atom. The molecule has 1 heterocycles. The van der Waals surface area contributed by atoms with Crippen LogP contribution in [0.5, 0.6) is 0 Å². The largest absolute Gasteiger partial charge is 0.300 e. The number of rotatable bonds is 6. The van der Waals surface area contributed by atoms with Gasteiger partial charge < -0.3 is 4.90 Å². The predicted molar refractivity (Wildman–Crippen MR) is 76.3 cm³/mol. The second kappa shape index (κ2) is 6.54. The highest BCUT2D eigenvalue weighted by Gasteiger charge is 2.30. The predicted octanol–water partition coefficient (Wildman–Crippen LogP) is 2.78. The van der Waals surface area contributed by atoms with E-state index in [4.69, 9.17) is 0 Å². The second-order valence-electron chi connectivity index (χ2n) is 6.48. The van der Waals surface area contributed by atoms with Crippen LogP contribution in [0.25, 0.3) is 0 Å². The van der Waals surface area contributed by atoms with E-state index in [1.165, 1.54) is 19.4 Å². The number of nitriles is 1. The number of nitrogens with one attached hydrogen (secondary N) is 1. The van der Waals surface area contributed by atoms with Crippen LogP contribution in [0.1, 0.15) is 53.9 Å². The first-order valence-corrected chi connectivity index (χ1v) is 7.31. The molecular weight excluding hydrogens is 222 g/mol. The Hall–Kier alpha value is -0.590. The molecule has 0 aromatic heterocycles. The summed E-state index contributed by atoms with van der Waals surface area (Å²) in [6.45, 7) is 13.1. The lowest BCUT2D eigenvalue weighted by atomic mass is 9.97. The lowest BCUT2D eigenvalue weighted by molar-refractivity contribution is 0.188. The molecule has 3 heteroatoms. The van der Waals surface area contributed by atoms with Gasteiger partial charge in [-0.2, -0.15) is 5.26 Å². The van der Waals surface area contributed by atoms with E-state index >= 15 is 0 Å².